The first-order chi connectivity index (χ1) is 11.8. The molecule has 0 spiro atoms. The van der Waals surface area contributed by atoms with E-state index in [0.29, 0.717) is 0 Å². The van der Waals surface area contributed by atoms with Crippen LogP contribution in [0.2, 0.25) is 0 Å². The lowest BCUT2D eigenvalue weighted by Gasteiger charge is -2.07. The highest BCUT2D eigenvalue weighted by molar-refractivity contribution is 6.33. The normalized spacial score (nSPS) is 11.5. The summed E-state index contributed by atoms with van der Waals surface area (Å²) in [5.41, 5.74) is 4.98. The Kier molecular flexibility index (Phi) is 2.80. The fourth-order valence-corrected chi connectivity index (χ4v) is 3.45. The minimum absolute atomic E-state index is 0.784. The van der Waals surface area contributed by atoms with Gasteiger partial charge in [-0.05, 0) is 40.1 Å². The molecule has 1 nitrogen and oxygen atoms in total. The van der Waals surface area contributed by atoms with E-state index in [1.54, 1.807) is 0 Å². The fraction of sp³-hybridized carbons (Fsp3) is 0. The molecule has 5 aromatic rings. The van der Waals surface area contributed by atoms with Crippen LogP contribution < -0.4 is 5.46 Å². The maximum Gasteiger partial charge on any atom is 0.136 e. The minimum atomic E-state index is 0.784. The molecule has 0 aliphatic rings. The Labute approximate surface area is 140 Å². The van der Waals surface area contributed by atoms with Crippen LogP contribution in [0.5, 0.6) is 0 Å². The van der Waals surface area contributed by atoms with Crippen LogP contribution in [-0.4, -0.2) is 7.85 Å². The van der Waals surface area contributed by atoms with Gasteiger partial charge in [-0.2, -0.15) is 0 Å². The molecule has 0 aliphatic heterocycles. The third-order valence-corrected chi connectivity index (χ3v) is 4.58. The molecular weight excluding hydrogens is 291 g/mol. The zero-order chi connectivity index (χ0) is 16.1. The average molecular weight is 304 g/mol. The highest BCUT2D eigenvalue weighted by atomic mass is 16.3. The van der Waals surface area contributed by atoms with E-state index in [0.717, 1.165) is 32.8 Å². The summed E-state index contributed by atoms with van der Waals surface area (Å²) in [5.74, 6) is 0. The summed E-state index contributed by atoms with van der Waals surface area (Å²) in [5, 5.41) is 4.65. The van der Waals surface area contributed by atoms with Crippen LogP contribution in [0.1, 0.15) is 0 Å². The number of fused-ring (bicyclic) bond motifs is 4. The second-order valence-electron chi connectivity index (χ2n) is 6.10. The Bertz CT molecular complexity index is 1220. The Morgan fingerprint density at radius 2 is 1.50 bits per heavy atom. The van der Waals surface area contributed by atoms with Crippen molar-refractivity contribution < 1.29 is 4.42 Å². The van der Waals surface area contributed by atoms with E-state index >= 15 is 0 Å². The van der Waals surface area contributed by atoms with Gasteiger partial charge in [-0.15, -0.1) is 0 Å². The lowest BCUT2D eigenvalue weighted by molar-refractivity contribution is 0.669. The quantitative estimate of drug-likeness (QED) is 0.388. The Morgan fingerprint density at radius 3 is 2.46 bits per heavy atom. The molecule has 0 fully saturated rings. The van der Waals surface area contributed by atoms with Crippen LogP contribution in [0.3, 0.4) is 0 Å². The van der Waals surface area contributed by atoms with E-state index in [1.165, 1.54) is 16.5 Å². The first-order valence-corrected chi connectivity index (χ1v) is 7.99. The van der Waals surface area contributed by atoms with Gasteiger partial charge in [-0.3, -0.25) is 0 Å². The molecule has 0 aliphatic carbocycles. The number of para-hydroxylation sites is 1. The molecule has 0 N–H and O–H groups in total. The molecule has 2 radical (unpaired) electrons. The summed E-state index contributed by atoms with van der Waals surface area (Å²) < 4.78 is 6.00. The molecule has 5 rings (SSSR count). The third kappa shape index (κ3) is 1.96. The summed E-state index contributed by atoms with van der Waals surface area (Å²) in [6, 6.07) is 26.9. The van der Waals surface area contributed by atoms with Crippen LogP contribution in [0, 0.1) is 0 Å². The van der Waals surface area contributed by atoms with E-state index in [4.69, 9.17) is 12.3 Å². The van der Waals surface area contributed by atoms with Gasteiger partial charge in [-0.1, -0.05) is 66.1 Å². The van der Waals surface area contributed by atoms with Gasteiger partial charge in [0.15, 0.2) is 0 Å². The molecule has 0 amide bonds. The van der Waals surface area contributed by atoms with Gasteiger partial charge < -0.3 is 4.42 Å². The number of furan rings is 1. The summed E-state index contributed by atoms with van der Waals surface area (Å²) in [7, 11) is 5.95. The van der Waals surface area contributed by atoms with E-state index in [-0.39, 0.29) is 0 Å². The van der Waals surface area contributed by atoms with Crippen LogP contribution in [0.15, 0.2) is 83.3 Å². The van der Waals surface area contributed by atoms with Crippen molar-refractivity contribution >= 4 is 46.0 Å². The zero-order valence-electron chi connectivity index (χ0n) is 13.0. The molecule has 24 heavy (non-hydrogen) atoms. The number of hydrogen-bond donors (Lipinski definition) is 0. The van der Waals surface area contributed by atoms with Gasteiger partial charge in [0.2, 0.25) is 0 Å². The van der Waals surface area contributed by atoms with Crippen molar-refractivity contribution in [2.24, 2.45) is 0 Å². The monoisotopic (exact) mass is 304 g/mol. The van der Waals surface area contributed by atoms with Crippen molar-refractivity contribution in [1.29, 1.82) is 0 Å². The molecule has 110 valence electrons. The van der Waals surface area contributed by atoms with Gasteiger partial charge in [0.25, 0.3) is 0 Å². The van der Waals surface area contributed by atoms with E-state index in [9.17, 15) is 0 Å². The average Bonchev–Trinajstić information content (AvgIpc) is 2.99. The maximum absolute atomic E-state index is 6.00. The Hall–Kier alpha value is -3.00. The lowest BCUT2D eigenvalue weighted by atomic mass is 9.91. The first kappa shape index (κ1) is 13.4. The predicted octanol–water partition coefficient (Wildman–Crippen LogP) is 5.20. The number of rotatable bonds is 1. The van der Waals surface area contributed by atoms with Crippen LogP contribution in [-0.2, 0) is 0 Å². The number of hydrogen-bond acceptors (Lipinski definition) is 1. The highest BCUT2D eigenvalue weighted by Gasteiger charge is 2.12. The van der Waals surface area contributed by atoms with Crippen LogP contribution in [0.4, 0.5) is 0 Å². The molecule has 4 aromatic carbocycles. The largest absolute Gasteiger partial charge is 0.456 e. The molecule has 0 bridgehead atoms. The highest BCUT2D eigenvalue weighted by Crippen LogP contribution is 2.37. The Morgan fingerprint density at radius 1 is 0.667 bits per heavy atom. The predicted molar refractivity (Wildman–Crippen MR) is 102 cm³/mol. The van der Waals surface area contributed by atoms with Crippen LogP contribution >= 0.6 is 0 Å². The maximum atomic E-state index is 6.00. The molecule has 0 saturated heterocycles. The topological polar surface area (TPSA) is 13.1 Å². The van der Waals surface area contributed by atoms with Crippen molar-refractivity contribution in [3.63, 3.8) is 0 Å². The zero-order valence-corrected chi connectivity index (χ0v) is 13.0. The van der Waals surface area contributed by atoms with Crippen LogP contribution in [0.25, 0.3) is 43.8 Å². The van der Waals surface area contributed by atoms with Gasteiger partial charge in [0, 0.05) is 10.8 Å². The lowest BCUT2D eigenvalue weighted by Crippen LogP contribution is -1.99. The molecular formula is C22H13BO. The summed E-state index contributed by atoms with van der Waals surface area (Å²) >= 11 is 0. The molecule has 0 unspecified atom stereocenters. The second-order valence-corrected chi connectivity index (χ2v) is 6.10. The SMILES string of the molecule is [B]c1ccc2ccc(-c3cccc4oc5ccccc5c34)cc2c1. The van der Waals surface area contributed by atoms with Gasteiger partial charge in [0.05, 0.1) is 0 Å². The van der Waals surface area contributed by atoms with Crippen molar-refractivity contribution in [3.8, 4) is 11.1 Å². The van der Waals surface area contributed by atoms with Crippen molar-refractivity contribution in [2.45, 2.75) is 0 Å². The molecule has 2 heteroatoms. The van der Waals surface area contributed by atoms with E-state index in [1.807, 2.05) is 36.4 Å². The standard InChI is InChI=1S/C22H13BO/c23-17-11-10-14-8-9-15(12-16(14)13-17)18-5-3-7-21-22(18)19-4-1-2-6-20(19)24-21/h1-13H. The summed E-state index contributed by atoms with van der Waals surface area (Å²) in [6.07, 6.45) is 0. The molecule has 1 heterocycles. The molecule has 0 saturated carbocycles. The molecule has 0 atom stereocenters. The first-order valence-electron chi connectivity index (χ1n) is 7.99. The van der Waals surface area contributed by atoms with E-state index < -0.39 is 0 Å². The minimum Gasteiger partial charge on any atom is -0.456 e. The molecule has 1 aromatic heterocycles. The third-order valence-electron chi connectivity index (χ3n) is 4.58. The summed E-state index contributed by atoms with van der Waals surface area (Å²) in [4.78, 5) is 0. The number of benzene rings is 4. The fourth-order valence-electron chi connectivity index (χ4n) is 3.45. The smallest absolute Gasteiger partial charge is 0.136 e. The second kappa shape index (κ2) is 5.00. The van der Waals surface area contributed by atoms with Crippen molar-refractivity contribution in [1.82, 2.24) is 0 Å². The Balaban J connectivity index is 1.85. The van der Waals surface area contributed by atoms with Gasteiger partial charge in [-0.25, -0.2) is 0 Å². The van der Waals surface area contributed by atoms with Crippen molar-refractivity contribution in [2.75, 3.05) is 0 Å². The van der Waals surface area contributed by atoms with E-state index in [2.05, 4.69) is 42.5 Å². The van der Waals surface area contributed by atoms with Gasteiger partial charge in [0.1, 0.15) is 19.0 Å². The van der Waals surface area contributed by atoms with Crippen molar-refractivity contribution in [3.05, 3.63) is 78.9 Å². The summed E-state index contributed by atoms with van der Waals surface area (Å²) in [6.45, 7) is 0. The van der Waals surface area contributed by atoms with Gasteiger partial charge >= 0.3 is 0 Å².